The minimum atomic E-state index is 0.635. The van der Waals surface area contributed by atoms with Gasteiger partial charge in [-0.15, -0.1) is 0 Å². The number of hydrogen-bond donors (Lipinski definition) is 2. The molecule has 0 fully saturated rings. The Hall–Kier alpha value is -2.99. The molecule has 0 aliphatic carbocycles. The van der Waals surface area contributed by atoms with Crippen LogP contribution in [0.2, 0.25) is 5.02 Å². The lowest BCUT2D eigenvalue weighted by molar-refractivity contribution is 0.405. The van der Waals surface area contributed by atoms with E-state index in [-0.39, 0.29) is 0 Å². The highest BCUT2D eigenvalue weighted by atomic mass is 35.5. The van der Waals surface area contributed by atoms with Gasteiger partial charge in [0.15, 0.2) is 0 Å². The topological polar surface area (TPSA) is 68.3 Å². The first kappa shape index (κ1) is 17.8. The number of nitrogens with zero attached hydrogens (tertiary/aromatic N) is 2. The summed E-state index contributed by atoms with van der Waals surface area (Å²) in [5.74, 6) is 2.77. The van der Waals surface area contributed by atoms with E-state index in [0.717, 1.165) is 22.0 Å². The molecule has 0 aliphatic heterocycles. The molecule has 0 aliphatic rings. The van der Waals surface area contributed by atoms with Crippen molar-refractivity contribution in [2.75, 3.05) is 24.9 Å². The van der Waals surface area contributed by atoms with Gasteiger partial charge in [0.2, 0.25) is 0 Å². The monoisotopic (exact) mass is 370 g/mol. The standard InChI is InChI=1S/C19H19ClN4O2/c1-25-15-7-8-17(26-2)16(9-15)24-19-10-18(22-12-23-19)21-11-13-3-5-14(20)6-4-13/h3-10,12H,11H2,1-2H3,(H2,21,22,23,24). The number of benzene rings is 2. The number of hydrogen-bond acceptors (Lipinski definition) is 6. The molecule has 0 saturated carbocycles. The van der Waals surface area contributed by atoms with Crippen molar-refractivity contribution in [3.8, 4) is 11.5 Å². The molecule has 0 radical (unpaired) electrons. The lowest BCUT2D eigenvalue weighted by Gasteiger charge is -2.13. The third kappa shape index (κ3) is 4.55. The van der Waals surface area contributed by atoms with Gasteiger partial charge in [0, 0.05) is 23.7 Å². The first-order valence-corrected chi connectivity index (χ1v) is 8.35. The Labute approximate surface area is 157 Å². The Balaban J connectivity index is 1.72. The summed E-state index contributed by atoms with van der Waals surface area (Å²) in [6.07, 6.45) is 1.50. The molecule has 3 aromatic rings. The second-order valence-electron chi connectivity index (χ2n) is 5.46. The first-order valence-electron chi connectivity index (χ1n) is 7.97. The molecule has 1 aromatic heterocycles. The molecular weight excluding hydrogens is 352 g/mol. The smallest absolute Gasteiger partial charge is 0.142 e. The summed E-state index contributed by atoms with van der Waals surface area (Å²) < 4.78 is 10.6. The van der Waals surface area contributed by atoms with Crippen molar-refractivity contribution >= 4 is 28.9 Å². The zero-order chi connectivity index (χ0) is 18.4. The van der Waals surface area contributed by atoms with Crippen LogP contribution in [0.15, 0.2) is 54.9 Å². The van der Waals surface area contributed by atoms with Crippen LogP contribution >= 0.6 is 11.6 Å². The van der Waals surface area contributed by atoms with Gasteiger partial charge in [-0.05, 0) is 29.8 Å². The molecule has 134 valence electrons. The largest absolute Gasteiger partial charge is 0.497 e. The van der Waals surface area contributed by atoms with Crippen molar-refractivity contribution in [2.45, 2.75) is 6.54 Å². The van der Waals surface area contributed by atoms with E-state index >= 15 is 0 Å². The molecule has 7 heteroatoms. The quantitative estimate of drug-likeness (QED) is 0.638. The number of aromatic nitrogens is 2. The van der Waals surface area contributed by atoms with Gasteiger partial charge < -0.3 is 20.1 Å². The molecule has 0 unspecified atom stereocenters. The second kappa shape index (κ2) is 8.40. The van der Waals surface area contributed by atoms with E-state index in [1.54, 1.807) is 14.2 Å². The van der Waals surface area contributed by atoms with Gasteiger partial charge in [0.25, 0.3) is 0 Å². The highest BCUT2D eigenvalue weighted by Crippen LogP contribution is 2.31. The van der Waals surface area contributed by atoms with Crippen LogP contribution in [0.3, 0.4) is 0 Å². The Bertz CT molecular complexity index is 872. The lowest BCUT2D eigenvalue weighted by Crippen LogP contribution is -2.03. The van der Waals surface area contributed by atoms with E-state index in [9.17, 15) is 0 Å². The van der Waals surface area contributed by atoms with Crippen molar-refractivity contribution in [3.63, 3.8) is 0 Å². The first-order chi connectivity index (χ1) is 12.7. The van der Waals surface area contributed by atoms with Gasteiger partial charge in [-0.25, -0.2) is 9.97 Å². The zero-order valence-corrected chi connectivity index (χ0v) is 15.2. The highest BCUT2D eigenvalue weighted by molar-refractivity contribution is 6.30. The fraction of sp³-hybridized carbons (Fsp3) is 0.158. The fourth-order valence-corrected chi connectivity index (χ4v) is 2.49. The van der Waals surface area contributed by atoms with Crippen LogP contribution in [0, 0.1) is 0 Å². The average molecular weight is 371 g/mol. The van der Waals surface area contributed by atoms with E-state index in [2.05, 4.69) is 20.6 Å². The van der Waals surface area contributed by atoms with E-state index < -0.39 is 0 Å². The summed E-state index contributed by atoms with van der Waals surface area (Å²) in [5.41, 5.74) is 1.87. The average Bonchev–Trinajstić information content (AvgIpc) is 2.68. The number of rotatable bonds is 7. The van der Waals surface area contributed by atoms with Crippen LogP contribution in [0.25, 0.3) is 0 Å². The molecule has 0 amide bonds. The molecule has 1 heterocycles. The maximum Gasteiger partial charge on any atom is 0.142 e. The van der Waals surface area contributed by atoms with Gasteiger partial charge >= 0.3 is 0 Å². The van der Waals surface area contributed by atoms with E-state index in [1.165, 1.54) is 6.33 Å². The molecule has 0 saturated heterocycles. The minimum absolute atomic E-state index is 0.635. The SMILES string of the molecule is COc1ccc(OC)c(Nc2cc(NCc3ccc(Cl)cc3)ncn2)c1. The molecule has 6 nitrogen and oxygen atoms in total. The fourth-order valence-electron chi connectivity index (χ4n) is 2.37. The normalized spacial score (nSPS) is 10.3. The van der Waals surface area contributed by atoms with Crippen molar-refractivity contribution < 1.29 is 9.47 Å². The Morgan fingerprint density at radius 3 is 2.42 bits per heavy atom. The van der Waals surface area contributed by atoms with Gasteiger partial charge in [0.05, 0.1) is 19.9 Å². The van der Waals surface area contributed by atoms with Gasteiger partial charge in [-0.1, -0.05) is 23.7 Å². The maximum absolute atomic E-state index is 5.90. The molecule has 0 atom stereocenters. The predicted octanol–water partition coefficient (Wildman–Crippen LogP) is 4.50. The van der Waals surface area contributed by atoms with E-state index in [1.807, 2.05) is 48.5 Å². The van der Waals surface area contributed by atoms with Crippen molar-refractivity contribution in [3.05, 3.63) is 65.4 Å². The molecule has 2 N–H and O–H groups in total. The van der Waals surface area contributed by atoms with Gasteiger partial charge in [0.1, 0.15) is 29.5 Å². The molecule has 2 aromatic carbocycles. The van der Waals surface area contributed by atoms with Crippen LogP contribution < -0.4 is 20.1 Å². The highest BCUT2D eigenvalue weighted by Gasteiger charge is 2.07. The number of ether oxygens (including phenoxy) is 2. The van der Waals surface area contributed by atoms with Crippen LogP contribution in [-0.2, 0) is 6.54 Å². The van der Waals surface area contributed by atoms with Crippen LogP contribution in [0.5, 0.6) is 11.5 Å². The number of anilines is 3. The van der Waals surface area contributed by atoms with Crippen molar-refractivity contribution in [1.82, 2.24) is 9.97 Å². The molecule has 26 heavy (non-hydrogen) atoms. The summed E-state index contributed by atoms with van der Waals surface area (Å²) >= 11 is 5.90. The van der Waals surface area contributed by atoms with Crippen molar-refractivity contribution in [1.29, 1.82) is 0 Å². The minimum Gasteiger partial charge on any atom is -0.497 e. The summed E-state index contributed by atoms with van der Waals surface area (Å²) in [4.78, 5) is 8.50. The molecular formula is C19H19ClN4O2. The summed E-state index contributed by atoms with van der Waals surface area (Å²) in [6.45, 7) is 0.635. The van der Waals surface area contributed by atoms with Crippen LogP contribution in [0.4, 0.5) is 17.3 Å². The van der Waals surface area contributed by atoms with Crippen LogP contribution in [-0.4, -0.2) is 24.2 Å². The Morgan fingerprint density at radius 1 is 0.923 bits per heavy atom. The van der Waals surface area contributed by atoms with Gasteiger partial charge in [-0.2, -0.15) is 0 Å². The lowest BCUT2D eigenvalue weighted by atomic mass is 10.2. The second-order valence-corrected chi connectivity index (χ2v) is 5.90. The molecule has 0 bridgehead atoms. The third-order valence-corrected chi connectivity index (χ3v) is 3.98. The third-order valence-electron chi connectivity index (χ3n) is 3.72. The molecule has 0 spiro atoms. The predicted molar refractivity (Wildman–Crippen MR) is 104 cm³/mol. The number of methoxy groups -OCH3 is 2. The number of nitrogens with one attached hydrogen (secondary N) is 2. The summed E-state index contributed by atoms with van der Waals surface area (Å²) in [6, 6.07) is 15.0. The summed E-state index contributed by atoms with van der Waals surface area (Å²) in [5, 5.41) is 7.22. The zero-order valence-electron chi connectivity index (χ0n) is 14.5. The maximum atomic E-state index is 5.90. The number of halogens is 1. The van der Waals surface area contributed by atoms with Crippen LogP contribution in [0.1, 0.15) is 5.56 Å². The van der Waals surface area contributed by atoms with Crippen molar-refractivity contribution in [2.24, 2.45) is 0 Å². The van der Waals surface area contributed by atoms with E-state index in [0.29, 0.717) is 23.9 Å². The Kier molecular flexibility index (Phi) is 5.76. The molecule has 3 rings (SSSR count). The van der Waals surface area contributed by atoms with Gasteiger partial charge in [-0.3, -0.25) is 0 Å². The Morgan fingerprint density at radius 2 is 1.69 bits per heavy atom. The van der Waals surface area contributed by atoms with E-state index in [4.69, 9.17) is 21.1 Å². The summed E-state index contributed by atoms with van der Waals surface area (Å²) in [7, 11) is 3.24.